The van der Waals surface area contributed by atoms with Crippen molar-refractivity contribution in [3.63, 3.8) is 0 Å². The fourth-order valence-corrected chi connectivity index (χ4v) is 3.37. The number of allylic oxidation sites excluding steroid dienone is 3. The molecule has 0 aliphatic rings. The van der Waals surface area contributed by atoms with E-state index in [2.05, 4.69) is 23.5 Å². The molecular weight excluding hydrogens is 398 g/mol. The highest BCUT2D eigenvalue weighted by Crippen LogP contribution is 2.36. The predicted octanol–water partition coefficient (Wildman–Crippen LogP) is 5.29. The Morgan fingerprint density at radius 2 is 1.97 bits per heavy atom. The molecule has 1 aromatic heterocycles. The molecule has 0 radical (unpaired) electrons. The third-order valence-electron chi connectivity index (χ3n) is 4.50. The van der Waals surface area contributed by atoms with Gasteiger partial charge in [-0.25, -0.2) is 0 Å². The number of carbonyl (C=O) groups excluding carboxylic acids is 1. The first-order chi connectivity index (χ1) is 14.5. The van der Waals surface area contributed by atoms with Crippen LogP contribution in [0.5, 0.6) is 5.75 Å². The predicted molar refractivity (Wildman–Crippen MR) is 122 cm³/mol. The van der Waals surface area contributed by atoms with Gasteiger partial charge in [0.1, 0.15) is 5.52 Å². The Bertz CT molecular complexity index is 1110. The summed E-state index contributed by atoms with van der Waals surface area (Å²) in [6, 6.07) is 14.8. The van der Waals surface area contributed by atoms with E-state index in [1.165, 1.54) is 6.07 Å². The second kappa shape index (κ2) is 9.76. The van der Waals surface area contributed by atoms with Crippen molar-refractivity contribution in [3.8, 4) is 5.75 Å². The zero-order valence-electron chi connectivity index (χ0n) is 16.4. The quantitative estimate of drug-likeness (QED) is 0.384. The standard InChI is InChI=1S/C24H22ClN3O2/c1-3-9-18(4-2)28(15-17-10-6-5-7-11-17)16-22(29)27-21-14-20(25)19-12-8-13-26-23(19)24(21)30/h3-14,30H,1-2,15-16H2,(H,27,29)/b18-9+. The third kappa shape index (κ3) is 4.88. The summed E-state index contributed by atoms with van der Waals surface area (Å²) in [5.74, 6) is -0.437. The van der Waals surface area contributed by atoms with E-state index in [0.717, 1.165) is 11.3 Å². The molecule has 2 aromatic carbocycles. The normalized spacial score (nSPS) is 11.2. The number of anilines is 1. The van der Waals surface area contributed by atoms with E-state index < -0.39 is 0 Å². The van der Waals surface area contributed by atoms with Crippen LogP contribution in [0.2, 0.25) is 5.02 Å². The third-order valence-corrected chi connectivity index (χ3v) is 4.82. The zero-order chi connectivity index (χ0) is 21.5. The van der Waals surface area contributed by atoms with Gasteiger partial charge < -0.3 is 15.3 Å². The van der Waals surface area contributed by atoms with Gasteiger partial charge in [0.05, 0.1) is 17.3 Å². The Balaban J connectivity index is 1.84. The minimum absolute atomic E-state index is 0.0396. The van der Waals surface area contributed by atoms with E-state index in [0.29, 0.717) is 22.5 Å². The number of aromatic nitrogens is 1. The molecule has 3 aromatic rings. The molecule has 0 spiro atoms. The number of nitrogens with zero attached hydrogens (tertiary/aromatic N) is 2. The molecule has 0 fully saturated rings. The van der Waals surface area contributed by atoms with Gasteiger partial charge >= 0.3 is 0 Å². The van der Waals surface area contributed by atoms with Crippen LogP contribution in [0.25, 0.3) is 10.9 Å². The number of aromatic hydroxyl groups is 1. The minimum atomic E-state index is -0.315. The highest BCUT2D eigenvalue weighted by atomic mass is 35.5. The van der Waals surface area contributed by atoms with Crippen molar-refractivity contribution in [2.24, 2.45) is 0 Å². The molecule has 1 amide bonds. The van der Waals surface area contributed by atoms with Crippen LogP contribution in [0.1, 0.15) is 5.56 Å². The Morgan fingerprint density at radius 3 is 2.67 bits per heavy atom. The molecule has 5 nitrogen and oxygen atoms in total. The van der Waals surface area contributed by atoms with Gasteiger partial charge in [0, 0.05) is 23.8 Å². The number of rotatable bonds is 8. The summed E-state index contributed by atoms with van der Waals surface area (Å²) >= 11 is 6.30. The Morgan fingerprint density at radius 1 is 1.20 bits per heavy atom. The van der Waals surface area contributed by atoms with Crippen LogP contribution in [-0.4, -0.2) is 27.4 Å². The molecule has 0 aliphatic heterocycles. The summed E-state index contributed by atoms with van der Waals surface area (Å²) in [5.41, 5.74) is 2.35. The van der Waals surface area contributed by atoms with Gasteiger partial charge in [-0.3, -0.25) is 9.78 Å². The Hall–Kier alpha value is -3.57. The van der Waals surface area contributed by atoms with Gasteiger partial charge in [0.25, 0.3) is 0 Å². The summed E-state index contributed by atoms with van der Waals surface area (Å²) in [7, 11) is 0. The molecule has 30 heavy (non-hydrogen) atoms. The smallest absolute Gasteiger partial charge is 0.244 e. The van der Waals surface area contributed by atoms with E-state index in [1.807, 2.05) is 35.2 Å². The first kappa shape index (κ1) is 21.1. The number of fused-ring (bicyclic) bond motifs is 1. The number of carbonyl (C=O) groups is 1. The molecule has 152 valence electrons. The van der Waals surface area contributed by atoms with E-state index in [9.17, 15) is 9.90 Å². The maximum Gasteiger partial charge on any atom is 0.244 e. The maximum atomic E-state index is 12.8. The highest BCUT2D eigenvalue weighted by molar-refractivity contribution is 6.36. The average molecular weight is 420 g/mol. The summed E-state index contributed by atoms with van der Waals surface area (Å²) in [5, 5.41) is 14.3. The lowest BCUT2D eigenvalue weighted by atomic mass is 10.1. The van der Waals surface area contributed by atoms with E-state index >= 15 is 0 Å². The number of amides is 1. The van der Waals surface area contributed by atoms with Crippen molar-refractivity contribution in [2.75, 3.05) is 11.9 Å². The van der Waals surface area contributed by atoms with Crippen molar-refractivity contribution in [3.05, 3.63) is 102 Å². The fraction of sp³-hybridized carbons (Fsp3) is 0.0833. The van der Waals surface area contributed by atoms with Crippen LogP contribution < -0.4 is 5.32 Å². The first-order valence-corrected chi connectivity index (χ1v) is 9.71. The average Bonchev–Trinajstić information content (AvgIpc) is 2.76. The number of phenolic OH excluding ortho intramolecular Hbond substituents is 1. The SMILES string of the molecule is C=C/C=C(\C=C)N(CC(=O)Nc1cc(Cl)c2cccnc2c1O)Cc1ccccc1. The molecule has 1 heterocycles. The van der Waals surface area contributed by atoms with Gasteiger partial charge in [-0.2, -0.15) is 0 Å². The molecule has 0 atom stereocenters. The molecule has 3 rings (SSSR count). The zero-order valence-corrected chi connectivity index (χ0v) is 17.1. The van der Waals surface area contributed by atoms with Crippen LogP contribution in [0.3, 0.4) is 0 Å². The van der Waals surface area contributed by atoms with Gasteiger partial charge in [-0.15, -0.1) is 0 Å². The van der Waals surface area contributed by atoms with Crippen LogP contribution in [0.4, 0.5) is 5.69 Å². The number of hydrogen-bond donors (Lipinski definition) is 2. The molecule has 0 saturated heterocycles. The molecule has 0 saturated carbocycles. The van der Waals surface area contributed by atoms with Crippen LogP contribution in [0.15, 0.2) is 91.8 Å². The van der Waals surface area contributed by atoms with Gasteiger partial charge in [0.15, 0.2) is 5.75 Å². The number of pyridine rings is 1. The molecular formula is C24H22ClN3O2. The number of halogens is 1. The highest BCUT2D eigenvalue weighted by Gasteiger charge is 2.17. The first-order valence-electron chi connectivity index (χ1n) is 9.33. The molecule has 0 unspecified atom stereocenters. The number of hydrogen-bond acceptors (Lipinski definition) is 4. The molecule has 0 aliphatic carbocycles. The molecule has 0 bridgehead atoms. The summed E-state index contributed by atoms with van der Waals surface area (Å²) in [6.45, 7) is 8.11. The van der Waals surface area contributed by atoms with Crippen molar-refractivity contribution in [1.82, 2.24) is 9.88 Å². The maximum absolute atomic E-state index is 12.8. The van der Waals surface area contributed by atoms with Gasteiger partial charge in [-0.1, -0.05) is 61.2 Å². The summed E-state index contributed by atoms with van der Waals surface area (Å²) in [6.07, 6.45) is 6.67. The van der Waals surface area contributed by atoms with Crippen LogP contribution in [0, 0.1) is 0 Å². The van der Waals surface area contributed by atoms with E-state index in [1.54, 1.807) is 36.6 Å². The monoisotopic (exact) mass is 419 g/mol. The largest absolute Gasteiger partial charge is 0.504 e. The fourth-order valence-electron chi connectivity index (χ4n) is 3.11. The van der Waals surface area contributed by atoms with Crippen molar-refractivity contribution < 1.29 is 9.90 Å². The Kier molecular flexibility index (Phi) is 6.88. The van der Waals surface area contributed by atoms with E-state index in [4.69, 9.17) is 11.6 Å². The summed E-state index contributed by atoms with van der Waals surface area (Å²) < 4.78 is 0. The molecule has 2 N–H and O–H groups in total. The lowest BCUT2D eigenvalue weighted by Crippen LogP contribution is -2.32. The number of nitrogens with one attached hydrogen (secondary N) is 1. The van der Waals surface area contributed by atoms with Crippen molar-refractivity contribution in [1.29, 1.82) is 0 Å². The lowest BCUT2D eigenvalue weighted by molar-refractivity contribution is -0.117. The lowest BCUT2D eigenvalue weighted by Gasteiger charge is -2.25. The second-order valence-corrected chi connectivity index (χ2v) is 6.98. The number of benzene rings is 2. The van der Waals surface area contributed by atoms with E-state index in [-0.39, 0.29) is 23.9 Å². The molecule has 6 heteroatoms. The number of phenols is 1. The van der Waals surface area contributed by atoms with Crippen LogP contribution >= 0.6 is 11.6 Å². The minimum Gasteiger partial charge on any atom is -0.504 e. The summed E-state index contributed by atoms with van der Waals surface area (Å²) in [4.78, 5) is 18.9. The van der Waals surface area contributed by atoms with Gasteiger partial charge in [-0.05, 0) is 35.9 Å². The topological polar surface area (TPSA) is 65.5 Å². The van der Waals surface area contributed by atoms with Crippen molar-refractivity contribution in [2.45, 2.75) is 6.54 Å². The second-order valence-electron chi connectivity index (χ2n) is 6.58. The van der Waals surface area contributed by atoms with Crippen molar-refractivity contribution >= 4 is 34.1 Å². The van der Waals surface area contributed by atoms with Crippen LogP contribution in [-0.2, 0) is 11.3 Å². The Labute approximate surface area is 180 Å². The van der Waals surface area contributed by atoms with Gasteiger partial charge in [0.2, 0.25) is 5.91 Å².